The summed E-state index contributed by atoms with van der Waals surface area (Å²) in [5.74, 6) is 0.557. The molecule has 0 aliphatic carbocycles. The molecule has 0 saturated carbocycles. The fourth-order valence-electron chi connectivity index (χ4n) is 2.58. The molecular weight excluding hydrogens is 441 g/mol. The fourth-order valence-corrected chi connectivity index (χ4v) is 3.53. The molecule has 0 bridgehead atoms. The van der Waals surface area contributed by atoms with Crippen LogP contribution < -0.4 is 14.8 Å². The minimum absolute atomic E-state index is 0.185. The Labute approximate surface area is 188 Å². The van der Waals surface area contributed by atoms with Gasteiger partial charge in [0.15, 0.2) is 16.5 Å². The van der Waals surface area contributed by atoms with Crippen molar-refractivity contribution in [3.05, 3.63) is 69.4 Å². The van der Waals surface area contributed by atoms with Crippen LogP contribution in [0.2, 0.25) is 0 Å². The number of hydrogen-bond donors (Lipinski definition) is 1. The lowest BCUT2D eigenvalue weighted by molar-refractivity contribution is 0.0950. The molecule has 3 rings (SSSR count). The van der Waals surface area contributed by atoms with Gasteiger partial charge in [-0.2, -0.15) is 0 Å². The van der Waals surface area contributed by atoms with Crippen molar-refractivity contribution in [2.24, 2.45) is 0 Å². The Hall–Kier alpha value is -2.97. The van der Waals surface area contributed by atoms with Crippen molar-refractivity contribution >= 4 is 40.0 Å². The summed E-state index contributed by atoms with van der Waals surface area (Å²) in [6, 6.07) is 11.4. The van der Waals surface area contributed by atoms with Crippen molar-refractivity contribution in [3.8, 4) is 11.5 Å². The average Bonchev–Trinajstić information content (AvgIpc) is 3.28. The van der Waals surface area contributed by atoms with Crippen LogP contribution in [0.1, 0.15) is 39.3 Å². The molecular formula is C22H21ClFN3O3S. The predicted octanol–water partition coefficient (Wildman–Crippen LogP) is 5.14. The lowest BCUT2D eigenvalue weighted by Gasteiger charge is -2.10. The van der Waals surface area contributed by atoms with Crippen LogP contribution in [0.3, 0.4) is 0 Å². The quantitative estimate of drug-likeness (QED) is 0.477. The Morgan fingerprint density at radius 2 is 1.90 bits per heavy atom. The van der Waals surface area contributed by atoms with Gasteiger partial charge in [0.25, 0.3) is 5.91 Å². The van der Waals surface area contributed by atoms with Crippen LogP contribution in [0.5, 0.6) is 11.5 Å². The Bertz CT molecular complexity index is 1070. The maximum absolute atomic E-state index is 13.0. The highest BCUT2D eigenvalue weighted by atomic mass is 35.5. The normalized spacial score (nSPS) is 11.3. The minimum atomic E-state index is -0.378. The average molecular weight is 462 g/mol. The molecule has 6 nitrogen and oxygen atoms in total. The zero-order valence-electron chi connectivity index (χ0n) is 17.0. The highest BCUT2D eigenvalue weighted by molar-refractivity contribution is 7.15. The van der Waals surface area contributed by atoms with Crippen molar-refractivity contribution in [2.75, 3.05) is 13.7 Å². The molecule has 0 unspecified atom stereocenters. The van der Waals surface area contributed by atoms with E-state index in [4.69, 9.17) is 21.1 Å². The standard InChI is InChI=1S/C22H21ClFN3O3S/c1-3-10-30-18-9-6-15(12-19(18)29-2)11-17(23)21-26-27-22(31-21)20(28)25-13-14-4-7-16(24)8-5-14/h4-9,11-12H,3,10,13H2,1-2H3,(H,25,28)/b17-11-. The Morgan fingerprint density at radius 3 is 2.61 bits per heavy atom. The largest absolute Gasteiger partial charge is 0.493 e. The third-order valence-corrected chi connectivity index (χ3v) is 5.49. The van der Waals surface area contributed by atoms with Crippen LogP contribution in [0.4, 0.5) is 4.39 Å². The molecule has 2 aromatic carbocycles. The molecule has 3 aromatic rings. The van der Waals surface area contributed by atoms with E-state index in [9.17, 15) is 9.18 Å². The lowest BCUT2D eigenvalue weighted by Crippen LogP contribution is -2.22. The highest BCUT2D eigenvalue weighted by Gasteiger charge is 2.15. The lowest BCUT2D eigenvalue weighted by atomic mass is 10.2. The van der Waals surface area contributed by atoms with Crippen LogP contribution in [0.15, 0.2) is 42.5 Å². The van der Waals surface area contributed by atoms with Crippen molar-refractivity contribution in [1.82, 2.24) is 15.5 Å². The first-order chi connectivity index (χ1) is 15.0. The van der Waals surface area contributed by atoms with Gasteiger partial charge < -0.3 is 14.8 Å². The molecule has 9 heteroatoms. The van der Waals surface area contributed by atoms with Gasteiger partial charge in [0.1, 0.15) is 5.82 Å². The monoisotopic (exact) mass is 461 g/mol. The molecule has 31 heavy (non-hydrogen) atoms. The number of aromatic nitrogens is 2. The maximum Gasteiger partial charge on any atom is 0.282 e. The zero-order valence-corrected chi connectivity index (χ0v) is 18.6. The van der Waals surface area contributed by atoms with Gasteiger partial charge in [-0.25, -0.2) is 4.39 Å². The molecule has 0 radical (unpaired) electrons. The molecule has 1 amide bonds. The summed E-state index contributed by atoms with van der Waals surface area (Å²) in [6.45, 7) is 2.88. The van der Waals surface area contributed by atoms with Gasteiger partial charge in [-0.1, -0.05) is 48.1 Å². The van der Waals surface area contributed by atoms with Gasteiger partial charge in [-0.05, 0) is 47.9 Å². The second-order valence-corrected chi connectivity index (χ2v) is 7.86. The smallest absolute Gasteiger partial charge is 0.282 e. The number of benzene rings is 2. The maximum atomic E-state index is 13.0. The fraction of sp³-hybridized carbons (Fsp3) is 0.227. The van der Waals surface area contributed by atoms with Gasteiger partial charge >= 0.3 is 0 Å². The number of amides is 1. The topological polar surface area (TPSA) is 73.3 Å². The SMILES string of the molecule is CCCOc1ccc(/C=C(\Cl)c2nnc(C(=O)NCc3ccc(F)cc3)s2)cc1OC. The summed E-state index contributed by atoms with van der Waals surface area (Å²) in [6.07, 6.45) is 2.61. The van der Waals surface area contributed by atoms with Crippen LogP contribution in [-0.2, 0) is 6.54 Å². The van der Waals surface area contributed by atoms with E-state index in [0.29, 0.717) is 28.1 Å². The van der Waals surface area contributed by atoms with Gasteiger partial charge in [-0.15, -0.1) is 10.2 Å². The third kappa shape index (κ3) is 6.26. The molecule has 162 valence electrons. The number of methoxy groups -OCH3 is 1. The second kappa shape index (κ2) is 10.9. The van der Waals surface area contributed by atoms with Crippen molar-refractivity contribution in [2.45, 2.75) is 19.9 Å². The summed E-state index contributed by atoms with van der Waals surface area (Å²) >= 11 is 7.47. The Morgan fingerprint density at radius 1 is 1.16 bits per heavy atom. The number of rotatable bonds is 9. The number of carbonyl (C=O) groups is 1. The van der Waals surface area contributed by atoms with Crippen LogP contribution in [0.25, 0.3) is 11.1 Å². The summed E-state index contributed by atoms with van der Waals surface area (Å²) in [7, 11) is 1.57. The zero-order chi connectivity index (χ0) is 22.2. The first-order valence-corrected chi connectivity index (χ1v) is 10.7. The first-order valence-electron chi connectivity index (χ1n) is 9.54. The van der Waals surface area contributed by atoms with E-state index < -0.39 is 0 Å². The summed E-state index contributed by atoms with van der Waals surface area (Å²) in [4.78, 5) is 12.3. The molecule has 0 aliphatic heterocycles. The molecule has 1 aromatic heterocycles. The number of nitrogens with one attached hydrogen (secondary N) is 1. The van der Waals surface area contributed by atoms with E-state index in [-0.39, 0.29) is 23.3 Å². The van der Waals surface area contributed by atoms with Gasteiger partial charge in [-0.3, -0.25) is 4.79 Å². The molecule has 1 N–H and O–H groups in total. The van der Waals surface area contributed by atoms with E-state index in [2.05, 4.69) is 15.5 Å². The van der Waals surface area contributed by atoms with E-state index >= 15 is 0 Å². The van der Waals surface area contributed by atoms with Crippen LogP contribution in [0, 0.1) is 5.82 Å². The molecule has 0 fully saturated rings. The summed E-state index contributed by atoms with van der Waals surface area (Å²) in [5, 5.41) is 11.6. The molecule has 0 atom stereocenters. The van der Waals surface area contributed by atoms with Crippen molar-refractivity contribution < 1.29 is 18.7 Å². The number of halogens is 2. The van der Waals surface area contributed by atoms with E-state index in [1.807, 2.05) is 25.1 Å². The van der Waals surface area contributed by atoms with Gasteiger partial charge in [0, 0.05) is 6.54 Å². The molecule has 0 spiro atoms. The number of nitrogens with zero attached hydrogens (tertiary/aromatic N) is 2. The summed E-state index contributed by atoms with van der Waals surface area (Å²) in [5.41, 5.74) is 1.57. The van der Waals surface area contributed by atoms with Crippen LogP contribution >= 0.6 is 22.9 Å². The molecule has 1 heterocycles. The van der Waals surface area contributed by atoms with Crippen molar-refractivity contribution in [3.63, 3.8) is 0 Å². The Kier molecular flexibility index (Phi) is 7.97. The minimum Gasteiger partial charge on any atom is -0.493 e. The third-order valence-electron chi connectivity index (χ3n) is 4.13. The molecule has 0 saturated heterocycles. The Balaban J connectivity index is 1.67. The second-order valence-electron chi connectivity index (χ2n) is 6.47. The van der Waals surface area contributed by atoms with E-state index in [0.717, 1.165) is 28.9 Å². The van der Waals surface area contributed by atoms with E-state index in [1.54, 1.807) is 25.3 Å². The van der Waals surface area contributed by atoms with E-state index in [1.165, 1.54) is 12.1 Å². The van der Waals surface area contributed by atoms with Crippen LogP contribution in [-0.4, -0.2) is 29.8 Å². The van der Waals surface area contributed by atoms with Crippen molar-refractivity contribution in [1.29, 1.82) is 0 Å². The van der Waals surface area contributed by atoms with Gasteiger partial charge in [0.2, 0.25) is 5.01 Å². The van der Waals surface area contributed by atoms with Gasteiger partial charge in [0.05, 0.1) is 18.7 Å². The predicted molar refractivity (Wildman–Crippen MR) is 120 cm³/mol. The number of ether oxygens (including phenoxy) is 2. The summed E-state index contributed by atoms with van der Waals surface area (Å²) < 4.78 is 24.0. The number of carbonyl (C=O) groups excluding carboxylic acids is 1. The molecule has 0 aliphatic rings. The first kappa shape index (κ1) is 22.7. The number of hydrogen-bond acceptors (Lipinski definition) is 6. The highest BCUT2D eigenvalue weighted by Crippen LogP contribution is 2.31.